The van der Waals surface area contributed by atoms with E-state index in [0.717, 1.165) is 37.3 Å². The normalized spacial score (nSPS) is 23.1. The molecular weight excluding hydrogens is 280 g/mol. The molecule has 2 rings (SSSR count). The average Bonchev–Trinajstić information content (AvgIpc) is 2.45. The van der Waals surface area contributed by atoms with Crippen LogP contribution in [0.1, 0.15) is 49.1 Å². The fourth-order valence-corrected chi connectivity index (χ4v) is 3.14. The molecular formula is C17H20F4. The molecule has 0 unspecified atom stereocenters. The third kappa shape index (κ3) is 4.08. The topological polar surface area (TPSA) is 0 Å². The van der Waals surface area contributed by atoms with Crippen LogP contribution in [0, 0.1) is 24.5 Å². The predicted molar refractivity (Wildman–Crippen MR) is 75.6 cm³/mol. The summed E-state index contributed by atoms with van der Waals surface area (Å²) in [5.41, 5.74) is 1.27. The molecule has 0 aliphatic heterocycles. The Morgan fingerprint density at radius 3 is 2.43 bits per heavy atom. The zero-order valence-corrected chi connectivity index (χ0v) is 12.1. The quantitative estimate of drug-likeness (QED) is 0.490. The number of rotatable bonds is 4. The molecule has 0 radical (unpaired) electrons. The summed E-state index contributed by atoms with van der Waals surface area (Å²) in [6.07, 6.45) is 4.06. The monoisotopic (exact) mass is 300 g/mol. The zero-order valence-electron chi connectivity index (χ0n) is 12.1. The lowest BCUT2D eigenvalue weighted by molar-refractivity contribution is 0.152. The first-order valence-corrected chi connectivity index (χ1v) is 7.38. The van der Waals surface area contributed by atoms with Gasteiger partial charge in [-0.15, -0.1) is 0 Å². The van der Waals surface area contributed by atoms with E-state index in [0.29, 0.717) is 5.56 Å². The summed E-state index contributed by atoms with van der Waals surface area (Å²) in [4.78, 5) is 0. The first kappa shape index (κ1) is 16.1. The molecule has 0 saturated heterocycles. The van der Waals surface area contributed by atoms with Gasteiger partial charge in [-0.2, -0.15) is 0 Å². The highest BCUT2D eigenvalue weighted by Gasteiger charge is 2.25. The number of allylic oxidation sites excluding steroid dienone is 2. The van der Waals surface area contributed by atoms with E-state index in [4.69, 9.17) is 0 Å². The molecule has 0 N–H and O–H groups in total. The number of aryl methyl sites for hydroxylation is 1. The predicted octanol–water partition coefficient (Wildman–Crippen LogP) is 5.76. The molecule has 1 saturated carbocycles. The van der Waals surface area contributed by atoms with Crippen molar-refractivity contribution in [2.45, 2.75) is 51.4 Å². The number of benzene rings is 1. The van der Waals surface area contributed by atoms with Gasteiger partial charge in [-0.05, 0) is 61.6 Å². The molecule has 0 amide bonds. The Balaban J connectivity index is 1.98. The minimum Gasteiger partial charge on any atom is -0.210 e. The molecule has 1 aliphatic rings. The number of hydrogen-bond donors (Lipinski definition) is 0. The van der Waals surface area contributed by atoms with Crippen LogP contribution in [0.3, 0.4) is 0 Å². The molecule has 0 spiro atoms. The molecule has 1 aliphatic carbocycles. The highest BCUT2D eigenvalue weighted by atomic mass is 19.3. The molecule has 1 aromatic carbocycles. The molecule has 4 heteroatoms. The molecule has 0 heterocycles. The largest absolute Gasteiger partial charge is 0.242 e. The van der Waals surface area contributed by atoms with E-state index < -0.39 is 18.1 Å². The average molecular weight is 300 g/mol. The lowest BCUT2D eigenvalue weighted by Crippen LogP contribution is -2.14. The van der Waals surface area contributed by atoms with Gasteiger partial charge < -0.3 is 0 Å². The van der Waals surface area contributed by atoms with Gasteiger partial charge in [-0.25, -0.2) is 17.6 Å². The van der Waals surface area contributed by atoms with Gasteiger partial charge in [0.15, 0.2) is 11.6 Å². The highest BCUT2D eigenvalue weighted by molar-refractivity contribution is 5.32. The Morgan fingerprint density at radius 1 is 1.14 bits per heavy atom. The number of alkyl halides is 2. The Labute approximate surface area is 122 Å². The van der Waals surface area contributed by atoms with E-state index in [1.54, 1.807) is 13.0 Å². The Hall–Kier alpha value is -1.32. The fourth-order valence-electron chi connectivity index (χ4n) is 3.14. The smallest absolute Gasteiger partial charge is 0.210 e. The van der Waals surface area contributed by atoms with Gasteiger partial charge in [0.2, 0.25) is 6.43 Å². The van der Waals surface area contributed by atoms with Crippen LogP contribution in [-0.4, -0.2) is 6.43 Å². The Bertz CT molecular complexity index is 500. The molecule has 1 fully saturated rings. The number of hydrogen-bond acceptors (Lipinski definition) is 0. The molecule has 0 aromatic heterocycles. The van der Waals surface area contributed by atoms with Crippen LogP contribution in [0.5, 0.6) is 0 Å². The van der Waals surface area contributed by atoms with Crippen LogP contribution >= 0.6 is 0 Å². The zero-order chi connectivity index (χ0) is 15.4. The van der Waals surface area contributed by atoms with Crippen molar-refractivity contribution in [2.75, 3.05) is 0 Å². The minimum absolute atomic E-state index is 0.0282. The van der Waals surface area contributed by atoms with Crippen molar-refractivity contribution in [3.63, 3.8) is 0 Å². The second kappa shape index (κ2) is 7.10. The van der Waals surface area contributed by atoms with Crippen molar-refractivity contribution in [1.29, 1.82) is 0 Å². The van der Waals surface area contributed by atoms with Gasteiger partial charge in [0.1, 0.15) is 0 Å². The van der Waals surface area contributed by atoms with Crippen molar-refractivity contribution in [2.24, 2.45) is 5.92 Å². The second-order valence-corrected chi connectivity index (χ2v) is 5.76. The first-order chi connectivity index (χ1) is 9.99. The van der Waals surface area contributed by atoms with Crippen LogP contribution in [0.15, 0.2) is 24.3 Å². The Kier molecular flexibility index (Phi) is 5.43. The van der Waals surface area contributed by atoms with Gasteiger partial charge in [0.05, 0.1) is 0 Å². The number of halogens is 4. The Morgan fingerprint density at radius 2 is 1.81 bits per heavy atom. The maximum Gasteiger partial charge on any atom is 0.242 e. The van der Waals surface area contributed by atoms with Crippen molar-refractivity contribution in [3.05, 3.63) is 47.0 Å². The first-order valence-electron chi connectivity index (χ1n) is 7.38. The van der Waals surface area contributed by atoms with E-state index in [9.17, 15) is 17.6 Å². The van der Waals surface area contributed by atoms with E-state index in [-0.39, 0.29) is 18.3 Å². The van der Waals surface area contributed by atoms with Crippen LogP contribution < -0.4 is 0 Å². The maximum absolute atomic E-state index is 14.0. The molecule has 0 atom stereocenters. The third-order valence-corrected chi connectivity index (χ3v) is 4.25. The maximum atomic E-state index is 14.0. The van der Waals surface area contributed by atoms with Crippen molar-refractivity contribution in [3.8, 4) is 0 Å². The van der Waals surface area contributed by atoms with Gasteiger partial charge >= 0.3 is 0 Å². The summed E-state index contributed by atoms with van der Waals surface area (Å²) in [5.74, 6) is -1.22. The fraction of sp³-hybridized carbons (Fsp3) is 0.529. The summed E-state index contributed by atoms with van der Waals surface area (Å²) in [6.45, 7) is 1.80. The third-order valence-electron chi connectivity index (χ3n) is 4.25. The molecule has 0 nitrogen and oxygen atoms in total. The van der Waals surface area contributed by atoms with Gasteiger partial charge in [-0.3, -0.25) is 0 Å². The van der Waals surface area contributed by atoms with E-state index >= 15 is 0 Å². The van der Waals surface area contributed by atoms with Crippen molar-refractivity contribution < 1.29 is 17.6 Å². The van der Waals surface area contributed by atoms with E-state index in [1.165, 1.54) is 6.08 Å². The lowest BCUT2D eigenvalue weighted by atomic mass is 9.77. The van der Waals surface area contributed by atoms with Crippen molar-refractivity contribution in [1.82, 2.24) is 0 Å². The van der Waals surface area contributed by atoms with Crippen LogP contribution in [0.4, 0.5) is 17.6 Å². The van der Waals surface area contributed by atoms with E-state index in [1.807, 2.05) is 6.08 Å². The van der Waals surface area contributed by atoms with Crippen LogP contribution in [0.25, 0.3) is 0 Å². The molecule has 0 bridgehead atoms. The summed E-state index contributed by atoms with van der Waals surface area (Å²) in [7, 11) is 0. The summed E-state index contributed by atoms with van der Waals surface area (Å²) in [5, 5.41) is 0. The molecule has 1 aromatic rings. The summed E-state index contributed by atoms with van der Waals surface area (Å²) >= 11 is 0. The summed E-state index contributed by atoms with van der Waals surface area (Å²) in [6, 6.07) is 2.77. The lowest BCUT2D eigenvalue weighted by Gasteiger charge is -2.28. The van der Waals surface area contributed by atoms with Crippen LogP contribution in [0.2, 0.25) is 0 Å². The summed E-state index contributed by atoms with van der Waals surface area (Å²) < 4.78 is 51.5. The standard InChI is InChI=1S/C17H20F4/c1-11-5-10-14(18)17(21)16(11)13-8-6-12(7-9-13)3-2-4-15(19)20/h2-3,5,10,12-13,15H,4,6-9H2,1H3/b3-2+. The van der Waals surface area contributed by atoms with Gasteiger partial charge in [0.25, 0.3) is 0 Å². The highest BCUT2D eigenvalue weighted by Crippen LogP contribution is 2.39. The van der Waals surface area contributed by atoms with E-state index in [2.05, 4.69) is 0 Å². The molecule has 21 heavy (non-hydrogen) atoms. The second-order valence-electron chi connectivity index (χ2n) is 5.76. The van der Waals surface area contributed by atoms with Gasteiger partial charge in [-0.1, -0.05) is 18.2 Å². The van der Waals surface area contributed by atoms with Crippen LogP contribution in [-0.2, 0) is 0 Å². The van der Waals surface area contributed by atoms with Crippen molar-refractivity contribution >= 4 is 0 Å². The van der Waals surface area contributed by atoms with Gasteiger partial charge in [0, 0.05) is 6.42 Å². The molecule has 116 valence electrons. The SMILES string of the molecule is Cc1ccc(F)c(F)c1C1CCC(/C=C/CC(F)F)CC1. The minimum atomic E-state index is -2.30.